The van der Waals surface area contributed by atoms with E-state index in [2.05, 4.69) is 5.32 Å². The highest BCUT2D eigenvalue weighted by atomic mass is 16.6. The Morgan fingerprint density at radius 1 is 1.07 bits per heavy atom. The van der Waals surface area contributed by atoms with Gasteiger partial charge in [-0.2, -0.15) is 0 Å². The van der Waals surface area contributed by atoms with Crippen LogP contribution in [-0.2, 0) is 11.3 Å². The molecule has 2 fully saturated rings. The molecule has 2 heterocycles. The molecule has 1 aromatic rings. The van der Waals surface area contributed by atoms with Gasteiger partial charge in [-0.3, -0.25) is 0 Å². The molecule has 0 aliphatic carbocycles. The predicted octanol–water partition coefficient (Wildman–Crippen LogP) is 2.54. The fourth-order valence-electron chi connectivity index (χ4n) is 3.10. The molecule has 7 heteroatoms. The lowest BCUT2D eigenvalue weighted by atomic mass is 10.2. The number of carbonyl (C=O) groups is 1. The lowest BCUT2D eigenvalue weighted by Crippen LogP contribution is -2.36. The third kappa shape index (κ3) is 12.5. The number of amides is 1. The fraction of sp³-hybridized carbons (Fsp3) is 0.682. The van der Waals surface area contributed by atoms with Crippen LogP contribution in [0.3, 0.4) is 0 Å². The van der Waals surface area contributed by atoms with Gasteiger partial charge in [0, 0.05) is 26.7 Å². The van der Waals surface area contributed by atoms with Crippen molar-refractivity contribution in [2.45, 2.75) is 64.8 Å². The van der Waals surface area contributed by atoms with Crippen LogP contribution in [0.15, 0.2) is 30.3 Å². The Hall–Kier alpha value is -1.67. The molecule has 0 saturated carbocycles. The summed E-state index contributed by atoms with van der Waals surface area (Å²) in [7, 11) is 1.00. The van der Waals surface area contributed by atoms with Gasteiger partial charge in [-0.25, -0.2) is 4.79 Å². The van der Waals surface area contributed by atoms with Gasteiger partial charge < -0.3 is 30.3 Å². The standard InChI is InChI=1S/C14H19NO3.C6H13NO.CH4O.CH4/c16-13-8-4-5-9-15(10-13)14(17)18-11-12-6-2-1-3-7-12;8-6-3-1-2-4-7-5-6;1-2;/h1-3,6-7,13,16H,4-5,8-11H2;6-8H,1-5H2;2H,1H3;1H4. The first-order valence-corrected chi connectivity index (χ1v) is 10.1. The number of hydrogen-bond donors (Lipinski definition) is 4. The van der Waals surface area contributed by atoms with Crippen molar-refractivity contribution in [2.75, 3.05) is 33.3 Å². The smallest absolute Gasteiger partial charge is 0.410 e. The van der Waals surface area contributed by atoms with Crippen molar-refractivity contribution in [3.63, 3.8) is 0 Å². The van der Waals surface area contributed by atoms with E-state index in [4.69, 9.17) is 14.9 Å². The topological polar surface area (TPSA) is 102 Å². The second kappa shape index (κ2) is 17.2. The molecule has 2 saturated heterocycles. The molecule has 4 N–H and O–H groups in total. The number of aliphatic hydroxyl groups is 3. The van der Waals surface area contributed by atoms with E-state index in [1.807, 2.05) is 30.3 Å². The Kier molecular flexibility index (Phi) is 16.2. The van der Waals surface area contributed by atoms with E-state index in [-0.39, 0.29) is 26.2 Å². The van der Waals surface area contributed by atoms with E-state index >= 15 is 0 Å². The fourth-order valence-corrected chi connectivity index (χ4v) is 3.10. The van der Waals surface area contributed by atoms with Gasteiger partial charge in [-0.1, -0.05) is 37.8 Å². The Bertz CT molecular complexity index is 507. The van der Waals surface area contributed by atoms with Crippen molar-refractivity contribution >= 4 is 6.09 Å². The number of β-amino-alcohol motifs (C(OH)–C–C–N with tert-alkyl or cyclic N) is 2. The third-order valence-corrected chi connectivity index (χ3v) is 4.63. The summed E-state index contributed by atoms with van der Waals surface area (Å²) >= 11 is 0. The first kappa shape index (κ1) is 27.3. The summed E-state index contributed by atoms with van der Waals surface area (Å²) in [5.74, 6) is 0. The Morgan fingerprint density at radius 3 is 2.45 bits per heavy atom. The van der Waals surface area contributed by atoms with Crippen molar-refractivity contribution in [3.8, 4) is 0 Å². The Balaban J connectivity index is 0.000000601. The van der Waals surface area contributed by atoms with Crippen LogP contribution in [0.25, 0.3) is 0 Å². The molecule has 0 spiro atoms. The second-order valence-electron chi connectivity index (χ2n) is 6.99. The van der Waals surface area contributed by atoms with Crippen LogP contribution in [0.5, 0.6) is 0 Å². The summed E-state index contributed by atoms with van der Waals surface area (Å²) < 4.78 is 5.25. The van der Waals surface area contributed by atoms with Gasteiger partial charge in [0.15, 0.2) is 0 Å². The van der Waals surface area contributed by atoms with E-state index < -0.39 is 6.10 Å². The zero-order valence-corrected chi connectivity index (χ0v) is 16.9. The number of carbonyl (C=O) groups excluding carboxylic acids is 1. The van der Waals surface area contributed by atoms with Crippen LogP contribution in [0.2, 0.25) is 0 Å². The molecule has 2 unspecified atom stereocenters. The second-order valence-corrected chi connectivity index (χ2v) is 6.99. The lowest BCUT2D eigenvalue weighted by Gasteiger charge is -2.21. The average molecular weight is 413 g/mol. The third-order valence-electron chi connectivity index (χ3n) is 4.63. The first-order chi connectivity index (χ1) is 13.6. The quantitative estimate of drug-likeness (QED) is 0.595. The van der Waals surface area contributed by atoms with Crippen molar-refractivity contribution in [2.24, 2.45) is 0 Å². The van der Waals surface area contributed by atoms with Crippen molar-refractivity contribution in [1.29, 1.82) is 0 Å². The van der Waals surface area contributed by atoms with Crippen LogP contribution in [0.1, 0.15) is 51.5 Å². The van der Waals surface area contributed by atoms with Gasteiger partial charge in [-0.15, -0.1) is 0 Å². The maximum atomic E-state index is 11.9. The monoisotopic (exact) mass is 412 g/mol. The zero-order valence-electron chi connectivity index (χ0n) is 16.9. The number of benzene rings is 1. The van der Waals surface area contributed by atoms with Crippen LogP contribution >= 0.6 is 0 Å². The largest absolute Gasteiger partial charge is 0.445 e. The number of rotatable bonds is 2. The molecule has 2 atom stereocenters. The molecule has 2 aliphatic rings. The van der Waals surface area contributed by atoms with Crippen LogP contribution in [0, 0.1) is 0 Å². The highest BCUT2D eigenvalue weighted by Gasteiger charge is 2.21. The Labute approximate surface area is 175 Å². The van der Waals surface area contributed by atoms with E-state index in [0.717, 1.165) is 51.4 Å². The molecule has 3 rings (SSSR count). The summed E-state index contributed by atoms with van der Waals surface area (Å²) in [5, 5.41) is 28.8. The highest BCUT2D eigenvalue weighted by Crippen LogP contribution is 2.12. The SMILES string of the molecule is C.CO.O=C(OCc1ccccc1)N1CCCCC(O)C1.OC1CCCCNC1. The van der Waals surface area contributed by atoms with Crippen LogP contribution in [0.4, 0.5) is 4.79 Å². The van der Waals surface area contributed by atoms with Crippen LogP contribution in [-0.4, -0.2) is 71.8 Å². The van der Waals surface area contributed by atoms with Gasteiger partial charge in [0.05, 0.1) is 12.2 Å². The number of nitrogens with zero attached hydrogens (tertiary/aromatic N) is 1. The summed E-state index contributed by atoms with van der Waals surface area (Å²) in [6.45, 7) is 3.21. The number of hydrogen-bond acceptors (Lipinski definition) is 6. The van der Waals surface area contributed by atoms with Gasteiger partial charge >= 0.3 is 6.09 Å². The predicted molar refractivity (Wildman–Crippen MR) is 116 cm³/mol. The highest BCUT2D eigenvalue weighted by molar-refractivity contribution is 5.67. The van der Waals surface area contributed by atoms with Gasteiger partial charge in [-0.05, 0) is 50.6 Å². The van der Waals surface area contributed by atoms with E-state index in [9.17, 15) is 9.90 Å². The maximum Gasteiger partial charge on any atom is 0.410 e. The van der Waals surface area contributed by atoms with Crippen molar-refractivity contribution in [1.82, 2.24) is 10.2 Å². The minimum Gasteiger partial charge on any atom is -0.445 e. The average Bonchev–Trinajstić information content (AvgIpc) is 3.11. The van der Waals surface area contributed by atoms with Crippen LogP contribution < -0.4 is 5.32 Å². The molecule has 0 aromatic heterocycles. The van der Waals surface area contributed by atoms with Gasteiger partial charge in [0.2, 0.25) is 0 Å². The molecule has 0 radical (unpaired) electrons. The molecule has 1 aromatic carbocycles. The normalized spacial score (nSPS) is 21.6. The Morgan fingerprint density at radius 2 is 1.72 bits per heavy atom. The van der Waals surface area contributed by atoms with E-state index in [1.165, 1.54) is 12.8 Å². The molecule has 2 aliphatic heterocycles. The maximum absolute atomic E-state index is 11.9. The van der Waals surface area contributed by atoms with Crippen molar-refractivity contribution in [3.05, 3.63) is 35.9 Å². The first-order valence-electron chi connectivity index (χ1n) is 10.1. The minimum atomic E-state index is -0.420. The summed E-state index contributed by atoms with van der Waals surface area (Å²) in [6.07, 6.45) is 5.19. The number of nitrogens with one attached hydrogen (secondary N) is 1. The molecular weight excluding hydrogens is 372 g/mol. The lowest BCUT2D eigenvalue weighted by molar-refractivity contribution is 0.0744. The molecule has 29 heavy (non-hydrogen) atoms. The summed E-state index contributed by atoms with van der Waals surface area (Å²) in [4.78, 5) is 13.5. The van der Waals surface area contributed by atoms with Gasteiger partial charge in [0.1, 0.15) is 6.61 Å². The summed E-state index contributed by atoms with van der Waals surface area (Å²) in [6, 6.07) is 9.60. The number of ether oxygens (including phenoxy) is 1. The van der Waals surface area contributed by atoms with E-state index in [0.29, 0.717) is 13.1 Å². The van der Waals surface area contributed by atoms with Crippen molar-refractivity contribution < 1.29 is 24.9 Å². The summed E-state index contributed by atoms with van der Waals surface area (Å²) in [5.41, 5.74) is 0.973. The van der Waals surface area contributed by atoms with Gasteiger partial charge in [0.25, 0.3) is 0 Å². The molecule has 7 nitrogen and oxygen atoms in total. The number of aliphatic hydroxyl groups excluding tert-OH is 3. The molecule has 168 valence electrons. The van der Waals surface area contributed by atoms with E-state index in [1.54, 1.807) is 4.90 Å². The zero-order chi connectivity index (χ0) is 20.6. The minimum absolute atomic E-state index is 0. The molecular formula is C22H40N2O5. The number of likely N-dealkylation sites (tertiary alicyclic amines) is 1. The molecule has 0 bridgehead atoms. The molecule has 1 amide bonds.